The fourth-order valence-electron chi connectivity index (χ4n) is 2.43. The normalized spacial score (nSPS) is 15.0. The standard InChI is InChI=1S/C16H23BrN4O.HI/c17-14-7-4-6-13(12-14)15(22)19-8-5-9-20-16(18)21-10-2-1-3-11-21;/h4,6-7,12H,1-3,5,8-11H2,(H2,18,20)(H,19,22);1H. The molecule has 0 spiro atoms. The van der Waals surface area contributed by atoms with Crippen molar-refractivity contribution in [2.24, 2.45) is 10.7 Å². The molecule has 0 atom stereocenters. The van der Waals surface area contributed by atoms with Crippen molar-refractivity contribution in [3.8, 4) is 0 Å². The van der Waals surface area contributed by atoms with Crippen molar-refractivity contribution in [3.63, 3.8) is 0 Å². The number of amides is 1. The number of halogens is 2. The monoisotopic (exact) mass is 494 g/mol. The number of carbonyl (C=O) groups is 1. The molecule has 1 heterocycles. The molecule has 5 nitrogen and oxygen atoms in total. The molecule has 128 valence electrons. The number of piperidine rings is 1. The van der Waals surface area contributed by atoms with Crippen LogP contribution in [-0.2, 0) is 0 Å². The van der Waals surface area contributed by atoms with E-state index in [9.17, 15) is 4.79 Å². The van der Waals surface area contributed by atoms with Crippen molar-refractivity contribution in [1.82, 2.24) is 10.2 Å². The van der Waals surface area contributed by atoms with Gasteiger partial charge in [0.25, 0.3) is 5.91 Å². The van der Waals surface area contributed by atoms with E-state index in [0.29, 0.717) is 24.6 Å². The van der Waals surface area contributed by atoms with E-state index in [1.807, 2.05) is 18.2 Å². The molecule has 0 unspecified atom stereocenters. The van der Waals surface area contributed by atoms with E-state index in [2.05, 4.69) is 31.1 Å². The number of nitrogens with one attached hydrogen (secondary N) is 1. The summed E-state index contributed by atoms with van der Waals surface area (Å²) < 4.78 is 0.902. The van der Waals surface area contributed by atoms with Crippen molar-refractivity contribution < 1.29 is 4.79 Å². The van der Waals surface area contributed by atoms with Crippen LogP contribution in [0.4, 0.5) is 0 Å². The van der Waals surface area contributed by atoms with E-state index in [-0.39, 0.29) is 29.9 Å². The van der Waals surface area contributed by atoms with Gasteiger partial charge in [0.2, 0.25) is 0 Å². The highest BCUT2D eigenvalue weighted by Crippen LogP contribution is 2.11. The maximum absolute atomic E-state index is 11.9. The summed E-state index contributed by atoms with van der Waals surface area (Å²) in [6.07, 6.45) is 4.46. The van der Waals surface area contributed by atoms with Gasteiger partial charge in [0.05, 0.1) is 0 Å². The minimum atomic E-state index is -0.0608. The second kappa shape index (κ2) is 10.9. The number of likely N-dealkylation sites (tertiary alicyclic amines) is 1. The smallest absolute Gasteiger partial charge is 0.251 e. The summed E-state index contributed by atoms with van der Waals surface area (Å²) in [5, 5.41) is 2.90. The number of carbonyl (C=O) groups excluding carboxylic acids is 1. The highest BCUT2D eigenvalue weighted by molar-refractivity contribution is 14.0. The van der Waals surface area contributed by atoms with Crippen molar-refractivity contribution in [3.05, 3.63) is 34.3 Å². The highest BCUT2D eigenvalue weighted by atomic mass is 127. The Bertz CT molecular complexity index is 533. The number of hydrogen-bond donors (Lipinski definition) is 2. The Morgan fingerprint density at radius 3 is 2.74 bits per heavy atom. The van der Waals surface area contributed by atoms with Crippen LogP contribution in [0.1, 0.15) is 36.0 Å². The minimum absolute atomic E-state index is 0. The lowest BCUT2D eigenvalue weighted by atomic mass is 10.1. The molecule has 0 aliphatic carbocycles. The first-order valence-electron chi connectivity index (χ1n) is 7.75. The van der Waals surface area contributed by atoms with Crippen molar-refractivity contribution in [2.45, 2.75) is 25.7 Å². The Morgan fingerprint density at radius 2 is 2.04 bits per heavy atom. The van der Waals surface area contributed by atoms with Crippen LogP contribution >= 0.6 is 39.9 Å². The van der Waals surface area contributed by atoms with E-state index in [1.165, 1.54) is 19.3 Å². The molecule has 1 aromatic carbocycles. The zero-order valence-corrected chi connectivity index (χ0v) is 17.0. The molecule has 23 heavy (non-hydrogen) atoms. The van der Waals surface area contributed by atoms with Gasteiger partial charge in [0.15, 0.2) is 5.96 Å². The molecule has 0 bridgehead atoms. The van der Waals surface area contributed by atoms with Crippen molar-refractivity contribution in [2.75, 3.05) is 26.2 Å². The first kappa shape index (κ1) is 20.2. The van der Waals surface area contributed by atoms with E-state index in [0.717, 1.165) is 24.0 Å². The number of nitrogens with two attached hydrogens (primary N) is 1. The molecular formula is C16H24BrIN4O. The zero-order chi connectivity index (χ0) is 15.8. The van der Waals surface area contributed by atoms with Gasteiger partial charge in [-0.3, -0.25) is 9.79 Å². The van der Waals surface area contributed by atoms with Crippen LogP contribution in [0.15, 0.2) is 33.7 Å². The van der Waals surface area contributed by atoms with Gasteiger partial charge in [-0.05, 0) is 43.9 Å². The molecule has 1 aliphatic rings. The quantitative estimate of drug-likeness (QED) is 0.286. The fraction of sp³-hybridized carbons (Fsp3) is 0.500. The molecule has 1 saturated heterocycles. The van der Waals surface area contributed by atoms with Crippen LogP contribution in [0, 0.1) is 0 Å². The summed E-state index contributed by atoms with van der Waals surface area (Å²) in [4.78, 5) is 18.5. The Balaban J connectivity index is 0.00000264. The predicted molar refractivity (Wildman–Crippen MR) is 108 cm³/mol. The summed E-state index contributed by atoms with van der Waals surface area (Å²) in [5.41, 5.74) is 6.64. The summed E-state index contributed by atoms with van der Waals surface area (Å²) in [6, 6.07) is 7.35. The number of hydrogen-bond acceptors (Lipinski definition) is 2. The predicted octanol–water partition coefficient (Wildman–Crippen LogP) is 2.99. The molecule has 1 fully saturated rings. The van der Waals surface area contributed by atoms with Crippen molar-refractivity contribution >= 4 is 51.8 Å². The Hall–Kier alpha value is -0.830. The maximum atomic E-state index is 11.9. The number of aliphatic imine (C=N–C) groups is 1. The van der Waals surface area contributed by atoms with Gasteiger partial charge in [-0.1, -0.05) is 22.0 Å². The van der Waals surface area contributed by atoms with Gasteiger partial charge < -0.3 is 16.0 Å². The van der Waals surface area contributed by atoms with Crippen LogP contribution in [0.2, 0.25) is 0 Å². The molecule has 0 aromatic heterocycles. The van der Waals surface area contributed by atoms with Gasteiger partial charge in [0.1, 0.15) is 0 Å². The lowest BCUT2D eigenvalue weighted by Gasteiger charge is -2.27. The molecule has 2 rings (SSSR count). The summed E-state index contributed by atoms with van der Waals surface area (Å²) in [6.45, 7) is 3.26. The van der Waals surface area contributed by atoms with Gasteiger partial charge >= 0.3 is 0 Å². The van der Waals surface area contributed by atoms with Crippen molar-refractivity contribution in [1.29, 1.82) is 0 Å². The number of benzene rings is 1. The van der Waals surface area contributed by atoms with E-state index in [4.69, 9.17) is 5.73 Å². The number of nitrogens with zero attached hydrogens (tertiary/aromatic N) is 2. The van der Waals surface area contributed by atoms with E-state index in [1.54, 1.807) is 6.07 Å². The lowest BCUT2D eigenvalue weighted by Crippen LogP contribution is -2.41. The zero-order valence-electron chi connectivity index (χ0n) is 13.1. The third-order valence-corrected chi connectivity index (χ3v) is 4.15. The van der Waals surface area contributed by atoms with E-state index >= 15 is 0 Å². The number of rotatable bonds is 5. The first-order chi connectivity index (χ1) is 10.7. The molecule has 0 radical (unpaired) electrons. The Labute approximate surface area is 163 Å². The van der Waals surface area contributed by atoms with Gasteiger partial charge in [0, 0.05) is 36.2 Å². The molecule has 7 heteroatoms. The van der Waals surface area contributed by atoms with Gasteiger partial charge in [-0.15, -0.1) is 24.0 Å². The summed E-state index contributed by atoms with van der Waals surface area (Å²) >= 11 is 3.36. The Kier molecular flexibility index (Phi) is 9.54. The van der Waals surface area contributed by atoms with Crippen LogP contribution in [0.25, 0.3) is 0 Å². The minimum Gasteiger partial charge on any atom is -0.370 e. The maximum Gasteiger partial charge on any atom is 0.251 e. The topological polar surface area (TPSA) is 70.7 Å². The highest BCUT2D eigenvalue weighted by Gasteiger charge is 2.11. The van der Waals surface area contributed by atoms with Gasteiger partial charge in [-0.2, -0.15) is 0 Å². The molecular weight excluding hydrogens is 471 g/mol. The SMILES string of the molecule is I.NC(=NCCCNC(=O)c1cccc(Br)c1)N1CCCCC1. The molecule has 3 N–H and O–H groups in total. The van der Waals surface area contributed by atoms with Crippen LogP contribution in [0.5, 0.6) is 0 Å². The average molecular weight is 495 g/mol. The largest absolute Gasteiger partial charge is 0.370 e. The fourth-order valence-corrected chi connectivity index (χ4v) is 2.83. The molecule has 1 aromatic rings. The Morgan fingerprint density at radius 1 is 1.30 bits per heavy atom. The molecule has 1 aliphatic heterocycles. The third-order valence-electron chi connectivity index (χ3n) is 3.66. The lowest BCUT2D eigenvalue weighted by molar-refractivity contribution is 0.0953. The average Bonchev–Trinajstić information content (AvgIpc) is 2.55. The number of guanidine groups is 1. The summed E-state index contributed by atoms with van der Waals surface area (Å²) in [7, 11) is 0. The van der Waals surface area contributed by atoms with E-state index < -0.39 is 0 Å². The summed E-state index contributed by atoms with van der Waals surface area (Å²) in [5.74, 6) is 0.576. The molecule has 0 saturated carbocycles. The third kappa shape index (κ3) is 7.07. The van der Waals surface area contributed by atoms with Gasteiger partial charge in [-0.25, -0.2) is 0 Å². The first-order valence-corrected chi connectivity index (χ1v) is 8.55. The van der Waals surface area contributed by atoms with Crippen LogP contribution in [0.3, 0.4) is 0 Å². The van der Waals surface area contributed by atoms with Crippen LogP contribution < -0.4 is 11.1 Å². The second-order valence-electron chi connectivity index (χ2n) is 5.41. The second-order valence-corrected chi connectivity index (χ2v) is 6.32. The van der Waals surface area contributed by atoms with Crippen LogP contribution in [-0.4, -0.2) is 42.9 Å². The molecule has 1 amide bonds.